The number of ether oxygens (including phenoxy) is 2. The van der Waals surface area contributed by atoms with Crippen molar-refractivity contribution in [2.45, 2.75) is 11.3 Å². The Labute approximate surface area is 188 Å². The maximum absolute atomic E-state index is 13.1. The third-order valence-corrected chi connectivity index (χ3v) is 5.94. The van der Waals surface area contributed by atoms with Crippen LogP contribution in [0, 0.1) is 0 Å². The molecule has 1 unspecified atom stereocenters. The van der Waals surface area contributed by atoms with Gasteiger partial charge in [0, 0.05) is 31.4 Å². The molecule has 31 heavy (non-hydrogen) atoms. The number of carbonyl (C=O) groups excluding carboxylic acids is 1. The molecule has 1 saturated heterocycles. The van der Waals surface area contributed by atoms with Crippen LogP contribution in [0.3, 0.4) is 0 Å². The van der Waals surface area contributed by atoms with Crippen LogP contribution >= 0.6 is 23.4 Å². The van der Waals surface area contributed by atoms with Crippen LogP contribution in [-0.2, 0) is 11.8 Å². The van der Waals surface area contributed by atoms with E-state index in [2.05, 4.69) is 9.97 Å². The van der Waals surface area contributed by atoms with E-state index in [9.17, 15) is 9.59 Å². The van der Waals surface area contributed by atoms with E-state index in [-0.39, 0.29) is 24.2 Å². The van der Waals surface area contributed by atoms with E-state index in [1.165, 1.54) is 22.5 Å². The van der Waals surface area contributed by atoms with Crippen LogP contribution in [0.15, 0.2) is 46.6 Å². The van der Waals surface area contributed by atoms with Crippen molar-refractivity contribution in [3.05, 3.63) is 57.6 Å². The van der Waals surface area contributed by atoms with Gasteiger partial charge in [-0.25, -0.2) is 4.98 Å². The van der Waals surface area contributed by atoms with Gasteiger partial charge in [0.15, 0.2) is 5.16 Å². The number of fused-ring (bicyclic) bond motifs is 1. The maximum atomic E-state index is 13.1. The van der Waals surface area contributed by atoms with Crippen molar-refractivity contribution in [3.8, 4) is 5.75 Å². The quantitative estimate of drug-likeness (QED) is 0.427. The number of pyridine rings is 1. The zero-order valence-electron chi connectivity index (χ0n) is 17.1. The molecule has 162 valence electrons. The molecule has 3 heterocycles. The van der Waals surface area contributed by atoms with E-state index in [4.69, 9.17) is 21.1 Å². The van der Waals surface area contributed by atoms with Gasteiger partial charge in [0.2, 0.25) is 0 Å². The molecule has 0 N–H and O–H groups in total. The van der Waals surface area contributed by atoms with Crippen LogP contribution in [0.25, 0.3) is 10.9 Å². The number of hydrogen-bond acceptors (Lipinski definition) is 7. The lowest BCUT2D eigenvalue weighted by Gasteiger charge is -2.33. The Morgan fingerprint density at radius 2 is 2.19 bits per heavy atom. The van der Waals surface area contributed by atoms with Gasteiger partial charge < -0.3 is 14.4 Å². The number of benzene rings is 1. The van der Waals surface area contributed by atoms with Crippen LogP contribution in [0.5, 0.6) is 5.75 Å². The summed E-state index contributed by atoms with van der Waals surface area (Å²) in [5.41, 5.74) is 0.869. The van der Waals surface area contributed by atoms with Crippen molar-refractivity contribution in [1.29, 1.82) is 0 Å². The molecule has 10 heteroatoms. The van der Waals surface area contributed by atoms with E-state index in [1.54, 1.807) is 42.4 Å². The minimum Gasteiger partial charge on any atom is -0.489 e. The first-order valence-corrected chi connectivity index (χ1v) is 11.3. The average molecular weight is 461 g/mol. The van der Waals surface area contributed by atoms with Gasteiger partial charge in [0.25, 0.3) is 11.5 Å². The molecule has 1 aromatic carbocycles. The monoisotopic (exact) mass is 460 g/mol. The Morgan fingerprint density at radius 3 is 2.97 bits per heavy atom. The van der Waals surface area contributed by atoms with Crippen LogP contribution in [0.2, 0.25) is 5.02 Å². The van der Waals surface area contributed by atoms with Gasteiger partial charge in [-0.05, 0) is 24.5 Å². The number of rotatable bonds is 5. The van der Waals surface area contributed by atoms with Gasteiger partial charge in [-0.15, -0.1) is 0 Å². The van der Waals surface area contributed by atoms with E-state index in [0.717, 1.165) is 0 Å². The minimum absolute atomic E-state index is 0.132. The van der Waals surface area contributed by atoms with Crippen molar-refractivity contribution in [3.63, 3.8) is 0 Å². The fourth-order valence-corrected chi connectivity index (χ4v) is 4.12. The number of nitrogens with zero attached hydrogens (tertiary/aromatic N) is 4. The highest BCUT2D eigenvalue weighted by Gasteiger charge is 2.26. The highest BCUT2D eigenvalue weighted by molar-refractivity contribution is 7.98. The van der Waals surface area contributed by atoms with Crippen LogP contribution in [0.1, 0.15) is 10.4 Å². The summed E-state index contributed by atoms with van der Waals surface area (Å²) in [6.07, 6.45) is 4.69. The lowest BCUT2D eigenvalue weighted by Crippen LogP contribution is -2.47. The number of morpholine rings is 1. The van der Waals surface area contributed by atoms with Crippen molar-refractivity contribution in [2.75, 3.05) is 32.6 Å². The summed E-state index contributed by atoms with van der Waals surface area (Å²) in [4.78, 5) is 35.8. The zero-order valence-corrected chi connectivity index (χ0v) is 18.7. The number of amides is 1. The van der Waals surface area contributed by atoms with E-state index < -0.39 is 0 Å². The highest BCUT2D eigenvalue weighted by Crippen LogP contribution is 2.19. The lowest BCUT2D eigenvalue weighted by molar-refractivity contribution is -0.0401. The maximum Gasteiger partial charge on any atom is 0.261 e. The first-order valence-electron chi connectivity index (χ1n) is 9.65. The van der Waals surface area contributed by atoms with Gasteiger partial charge in [0.1, 0.15) is 18.5 Å². The standard InChI is InChI=1S/C21H21ClN4O4S/c1-25-20(28)17-4-3-13(7-18(17)24-21(25)31-2)19(27)26-5-6-29-16(11-26)12-30-15-8-14(22)9-23-10-15/h3-4,7-10,16H,5-6,11-12H2,1-2H3. The third-order valence-electron chi connectivity index (χ3n) is 5.01. The van der Waals surface area contributed by atoms with E-state index in [0.29, 0.717) is 52.1 Å². The van der Waals surface area contributed by atoms with Crippen molar-refractivity contribution >= 4 is 40.2 Å². The Kier molecular flexibility index (Phi) is 6.45. The summed E-state index contributed by atoms with van der Waals surface area (Å²) in [6.45, 7) is 1.56. The predicted molar refractivity (Wildman–Crippen MR) is 119 cm³/mol. The van der Waals surface area contributed by atoms with Gasteiger partial charge in [0.05, 0.1) is 35.3 Å². The summed E-state index contributed by atoms with van der Waals surface area (Å²) in [5.74, 6) is 0.416. The number of hydrogen-bond donors (Lipinski definition) is 0. The van der Waals surface area contributed by atoms with Crippen LogP contribution in [0.4, 0.5) is 0 Å². The normalized spacial score (nSPS) is 16.5. The van der Waals surface area contributed by atoms with Gasteiger partial charge in [-0.1, -0.05) is 23.4 Å². The molecular formula is C21H21ClN4O4S. The fourth-order valence-electron chi connectivity index (χ4n) is 3.41. The molecule has 3 aromatic rings. The Hall–Kier alpha value is -2.62. The molecule has 1 amide bonds. The van der Waals surface area contributed by atoms with E-state index >= 15 is 0 Å². The number of carbonyl (C=O) groups is 1. The third kappa shape index (κ3) is 4.68. The predicted octanol–water partition coefficient (Wildman–Crippen LogP) is 2.62. The van der Waals surface area contributed by atoms with Crippen molar-refractivity contribution in [2.24, 2.45) is 7.05 Å². The molecule has 1 fully saturated rings. The van der Waals surface area contributed by atoms with Crippen molar-refractivity contribution < 1.29 is 14.3 Å². The first-order chi connectivity index (χ1) is 15.0. The van der Waals surface area contributed by atoms with Crippen LogP contribution < -0.4 is 10.3 Å². The molecule has 0 radical (unpaired) electrons. The largest absolute Gasteiger partial charge is 0.489 e. The molecular weight excluding hydrogens is 440 g/mol. The minimum atomic E-state index is -0.273. The first kappa shape index (κ1) is 21.6. The summed E-state index contributed by atoms with van der Waals surface area (Å²) >= 11 is 7.31. The molecule has 1 aliphatic rings. The van der Waals surface area contributed by atoms with Gasteiger partial charge in [-0.2, -0.15) is 0 Å². The smallest absolute Gasteiger partial charge is 0.261 e. The summed E-state index contributed by atoms with van der Waals surface area (Å²) in [6, 6.07) is 6.69. The molecule has 0 bridgehead atoms. The molecule has 1 atom stereocenters. The SMILES string of the molecule is CSc1nc2cc(C(=O)N3CCOC(COc4cncc(Cl)c4)C3)ccc2c(=O)n1C. The molecule has 0 saturated carbocycles. The van der Waals surface area contributed by atoms with Crippen LogP contribution in [-0.4, -0.2) is 64.0 Å². The average Bonchev–Trinajstić information content (AvgIpc) is 2.79. The second kappa shape index (κ2) is 9.25. The zero-order chi connectivity index (χ0) is 22.0. The second-order valence-electron chi connectivity index (χ2n) is 7.09. The Bertz CT molecular complexity index is 1190. The van der Waals surface area contributed by atoms with Gasteiger partial charge >= 0.3 is 0 Å². The van der Waals surface area contributed by atoms with Gasteiger partial charge in [-0.3, -0.25) is 19.1 Å². The molecule has 1 aliphatic heterocycles. The molecule has 4 rings (SSSR count). The molecule has 8 nitrogen and oxygen atoms in total. The number of halogens is 1. The summed E-state index contributed by atoms with van der Waals surface area (Å²) in [5, 5.41) is 1.57. The topological polar surface area (TPSA) is 86.6 Å². The lowest BCUT2D eigenvalue weighted by atomic mass is 10.1. The van der Waals surface area contributed by atoms with Crippen molar-refractivity contribution in [1.82, 2.24) is 19.4 Å². The van der Waals surface area contributed by atoms with E-state index in [1.807, 2.05) is 6.26 Å². The fraction of sp³-hybridized carbons (Fsp3) is 0.333. The second-order valence-corrected chi connectivity index (χ2v) is 8.30. The summed E-state index contributed by atoms with van der Waals surface area (Å²) in [7, 11) is 1.69. The Balaban J connectivity index is 1.48. The number of aromatic nitrogens is 3. The Morgan fingerprint density at radius 1 is 1.35 bits per heavy atom. The summed E-state index contributed by atoms with van der Waals surface area (Å²) < 4.78 is 13.0. The molecule has 0 spiro atoms. The molecule has 2 aromatic heterocycles. The highest BCUT2D eigenvalue weighted by atomic mass is 35.5. The number of thioether (sulfide) groups is 1. The molecule has 0 aliphatic carbocycles.